The van der Waals surface area contributed by atoms with E-state index in [0.717, 1.165) is 31.7 Å². The maximum atomic E-state index is 10.7. The van der Waals surface area contributed by atoms with Gasteiger partial charge in [0.15, 0.2) is 0 Å². The lowest BCUT2D eigenvalue weighted by atomic mass is 10.1. The van der Waals surface area contributed by atoms with Crippen LogP contribution >= 0.6 is 0 Å². The van der Waals surface area contributed by atoms with Crippen molar-refractivity contribution in [3.63, 3.8) is 0 Å². The molecule has 0 amide bonds. The largest absolute Gasteiger partial charge is 0.314 e. The Morgan fingerprint density at radius 3 is 2.50 bits per heavy atom. The molecule has 2 nitrogen and oxygen atoms in total. The summed E-state index contributed by atoms with van der Waals surface area (Å²) in [6.07, 6.45) is 4.09. The molecule has 0 fully saturated rings. The van der Waals surface area contributed by atoms with Crippen molar-refractivity contribution in [3.05, 3.63) is 0 Å². The standard InChI is InChI=1S/C12H25NO/c1-5-10(2)9-13-11(3)7-6-8-12(4)14/h10-11,13H,5-9H2,1-4H3/t10?,11-/m1/s1. The van der Waals surface area contributed by atoms with Crippen molar-refractivity contribution in [2.75, 3.05) is 6.54 Å². The molecular weight excluding hydrogens is 174 g/mol. The minimum atomic E-state index is 0.305. The number of Topliss-reactive ketones (excluding diaryl/α,β-unsaturated/α-hetero) is 1. The van der Waals surface area contributed by atoms with Crippen LogP contribution in [0.5, 0.6) is 0 Å². The van der Waals surface area contributed by atoms with Gasteiger partial charge < -0.3 is 10.1 Å². The van der Waals surface area contributed by atoms with Crippen molar-refractivity contribution in [2.45, 2.75) is 59.4 Å². The highest BCUT2D eigenvalue weighted by Gasteiger charge is 2.04. The number of carbonyl (C=O) groups is 1. The van der Waals surface area contributed by atoms with Gasteiger partial charge in [-0.25, -0.2) is 0 Å². The van der Waals surface area contributed by atoms with Crippen LogP contribution in [0.15, 0.2) is 0 Å². The molecule has 0 aliphatic rings. The van der Waals surface area contributed by atoms with E-state index in [1.54, 1.807) is 6.92 Å². The van der Waals surface area contributed by atoms with Crippen LogP contribution in [0.2, 0.25) is 0 Å². The first-order valence-corrected chi connectivity index (χ1v) is 5.79. The molecule has 0 aromatic heterocycles. The van der Waals surface area contributed by atoms with Crippen molar-refractivity contribution in [1.29, 1.82) is 0 Å². The number of nitrogens with one attached hydrogen (secondary N) is 1. The van der Waals surface area contributed by atoms with Gasteiger partial charge in [0.2, 0.25) is 0 Å². The molecule has 1 N–H and O–H groups in total. The summed E-state index contributed by atoms with van der Waals surface area (Å²) in [5, 5.41) is 3.50. The fourth-order valence-corrected chi connectivity index (χ4v) is 1.31. The molecule has 0 heterocycles. The van der Waals surface area contributed by atoms with Crippen molar-refractivity contribution in [1.82, 2.24) is 5.32 Å². The molecule has 2 atom stereocenters. The molecule has 2 heteroatoms. The summed E-state index contributed by atoms with van der Waals surface area (Å²) < 4.78 is 0. The molecule has 0 radical (unpaired) electrons. The zero-order valence-electron chi connectivity index (χ0n) is 10.1. The Balaban J connectivity index is 3.36. The van der Waals surface area contributed by atoms with E-state index < -0.39 is 0 Å². The highest BCUT2D eigenvalue weighted by molar-refractivity contribution is 5.75. The first-order chi connectivity index (χ1) is 6.56. The van der Waals surface area contributed by atoms with E-state index >= 15 is 0 Å². The number of hydrogen-bond donors (Lipinski definition) is 1. The first-order valence-electron chi connectivity index (χ1n) is 5.79. The molecule has 14 heavy (non-hydrogen) atoms. The van der Waals surface area contributed by atoms with Crippen LogP contribution in [0.1, 0.15) is 53.4 Å². The van der Waals surface area contributed by atoms with Gasteiger partial charge >= 0.3 is 0 Å². The molecule has 0 bridgehead atoms. The molecule has 0 aliphatic carbocycles. The maximum absolute atomic E-state index is 10.7. The summed E-state index contributed by atoms with van der Waals surface area (Å²) in [7, 11) is 0. The Kier molecular flexibility index (Phi) is 7.77. The van der Waals surface area contributed by atoms with Gasteiger partial charge in [-0.3, -0.25) is 0 Å². The SMILES string of the molecule is CCC(C)CN[C@H](C)CCCC(C)=O. The molecule has 0 aliphatic heterocycles. The van der Waals surface area contributed by atoms with Gasteiger partial charge in [0, 0.05) is 12.5 Å². The number of carbonyl (C=O) groups excluding carboxylic acids is 1. The van der Waals surface area contributed by atoms with E-state index in [9.17, 15) is 4.79 Å². The third-order valence-corrected chi connectivity index (χ3v) is 2.68. The fourth-order valence-electron chi connectivity index (χ4n) is 1.31. The van der Waals surface area contributed by atoms with Gasteiger partial charge in [0.1, 0.15) is 5.78 Å². The van der Waals surface area contributed by atoms with Crippen LogP contribution in [0, 0.1) is 5.92 Å². The Morgan fingerprint density at radius 1 is 1.36 bits per heavy atom. The van der Waals surface area contributed by atoms with Gasteiger partial charge in [-0.1, -0.05) is 20.3 Å². The van der Waals surface area contributed by atoms with Gasteiger partial charge in [-0.2, -0.15) is 0 Å². The highest BCUT2D eigenvalue weighted by atomic mass is 16.1. The summed E-state index contributed by atoms with van der Waals surface area (Å²) >= 11 is 0. The van der Waals surface area contributed by atoms with Gasteiger partial charge in [-0.15, -0.1) is 0 Å². The lowest BCUT2D eigenvalue weighted by Gasteiger charge is -2.16. The van der Waals surface area contributed by atoms with Crippen LogP contribution in [0.3, 0.4) is 0 Å². The number of ketones is 1. The highest BCUT2D eigenvalue weighted by Crippen LogP contribution is 2.03. The lowest BCUT2D eigenvalue weighted by molar-refractivity contribution is -0.117. The summed E-state index contributed by atoms with van der Waals surface area (Å²) in [6.45, 7) is 9.43. The Labute approximate surface area is 88.5 Å². The van der Waals surface area contributed by atoms with Crippen LogP contribution in [-0.4, -0.2) is 18.4 Å². The predicted molar refractivity (Wildman–Crippen MR) is 61.5 cm³/mol. The first kappa shape index (κ1) is 13.6. The monoisotopic (exact) mass is 199 g/mol. The smallest absolute Gasteiger partial charge is 0.129 e. The van der Waals surface area contributed by atoms with Crippen molar-refractivity contribution in [2.24, 2.45) is 5.92 Å². The van der Waals surface area contributed by atoms with Gasteiger partial charge in [-0.05, 0) is 39.2 Å². The topological polar surface area (TPSA) is 29.1 Å². The number of rotatable bonds is 8. The van der Waals surface area contributed by atoms with Crippen molar-refractivity contribution in [3.8, 4) is 0 Å². The van der Waals surface area contributed by atoms with E-state index in [4.69, 9.17) is 0 Å². The van der Waals surface area contributed by atoms with E-state index in [1.807, 2.05) is 0 Å². The second-order valence-corrected chi connectivity index (χ2v) is 4.42. The Bertz CT molecular complexity index is 156. The van der Waals surface area contributed by atoms with Crippen LogP contribution < -0.4 is 5.32 Å². The Morgan fingerprint density at radius 2 is 2.00 bits per heavy atom. The van der Waals surface area contributed by atoms with Crippen molar-refractivity contribution >= 4 is 5.78 Å². The third-order valence-electron chi connectivity index (χ3n) is 2.68. The van der Waals surface area contributed by atoms with E-state index in [2.05, 4.69) is 26.1 Å². The van der Waals surface area contributed by atoms with E-state index in [0.29, 0.717) is 11.8 Å². The van der Waals surface area contributed by atoms with Crippen LogP contribution in [-0.2, 0) is 4.79 Å². The molecule has 1 unspecified atom stereocenters. The van der Waals surface area contributed by atoms with Crippen LogP contribution in [0.25, 0.3) is 0 Å². The lowest BCUT2D eigenvalue weighted by Crippen LogP contribution is -2.30. The predicted octanol–water partition coefficient (Wildman–Crippen LogP) is 2.77. The zero-order chi connectivity index (χ0) is 11.0. The molecule has 84 valence electrons. The summed E-state index contributed by atoms with van der Waals surface area (Å²) in [5.41, 5.74) is 0. The molecule has 0 aromatic carbocycles. The van der Waals surface area contributed by atoms with Gasteiger partial charge in [0.05, 0.1) is 0 Å². The Hall–Kier alpha value is -0.370. The van der Waals surface area contributed by atoms with Crippen molar-refractivity contribution < 1.29 is 4.79 Å². The molecule has 0 aromatic rings. The second kappa shape index (κ2) is 7.98. The quantitative estimate of drug-likeness (QED) is 0.651. The summed E-state index contributed by atoms with van der Waals surface area (Å²) in [4.78, 5) is 10.7. The average Bonchev–Trinajstić information content (AvgIpc) is 2.13. The maximum Gasteiger partial charge on any atom is 0.129 e. The zero-order valence-corrected chi connectivity index (χ0v) is 10.1. The second-order valence-electron chi connectivity index (χ2n) is 4.42. The average molecular weight is 199 g/mol. The minimum absolute atomic E-state index is 0.305. The van der Waals surface area contributed by atoms with Crippen LogP contribution in [0.4, 0.5) is 0 Å². The molecular formula is C12H25NO. The number of hydrogen-bond acceptors (Lipinski definition) is 2. The fraction of sp³-hybridized carbons (Fsp3) is 0.917. The summed E-state index contributed by atoms with van der Waals surface area (Å²) in [5.74, 6) is 1.06. The molecule has 0 rings (SSSR count). The minimum Gasteiger partial charge on any atom is -0.314 e. The van der Waals surface area contributed by atoms with Gasteiger partial charge in [0.25, 0.3) is 0 Å². The molecule has 0 saturated heterocycles. The normalized spacial score (nSPS) is 15.1. The summed E-state index contributed by atoms with van der Waals surface area (Å²) in [6, 6.07) is 0.545. The van der Waals surface area contributed by atoms with E-state index in [-0.39, 0.29) is 0 Å². The molecule has 0 spiro atoms. The van der Waals surface area contributed by atoms with E-state index in [1.165, 1.54) is 6.42 Å². The third kappa shape index (κ3) is 8.24. The molecule has 0 saturated carbocycles.